The van der Waals surface area contributed by atoms with Crippen molar-refractivity contribution in [1.82, 2.24) is 4.57 Å². The van der Waals surface area contributed by atoms with Crippen LogP contribution >= 0.6 is 0 Å². The van der Waals surface area contributed by atoms with Crippen molar-refractivity contribution in [2.24, 2.45) is 5.73 Å². The standard InChI is InChI=1S/C30H26N2O2/c1-33-23-12-9-20(10-13-23)18-32-19-22(15-16-31)26-17-21(11-14-27(26)32)24-6-4-8-29-30(24)25-5-2-3-7-28(25)34-29/h2-14,17,19H,15-16,18,31H2,1H3. The van der Waals surface area contributed by atoms with Crippen LogP contribution in [0.3, 0.4) is 0 Å². The van der Waals surface area contributed by atoms with Crippen molar-refractivity contribution < 1.29 is 9.15 Å². The smallest absolute Gasteiger partial charge is 0.136 e. The highest BCUT2D eigenvalue weighted by atomic mass is 16.5. The fraction of sp³-hybridized carbons (Fsp3) is 0.133. The lowest BCUT2D eigenvalue weighted by atomic mass is 9.97. The molecule has 0 bridgehead atoms. The number of fused-ring (bicyclic) bond motifs is 4. The Balaban J connectivity index is 1.48. The van der Waals surface area contributed by atoms with Crippen molar-refractivity contribution in [3.05, 3.63) is 102 Å². The second-order valence-electron chi connectivity index (χ2n) is 8.68. The SMILES string of the molecule is COc1ccc(Cn2cc(CCN)c3cc(-c4cccc5oc6ccccc6c45)ccc32)cc1. The zero-order valence-electron chi connectivity index (χ0n) is 19.1. The number of rotatable bonds is 6. The molecule has 2 aromatic heterocycles. The van der Waals surface area contributed by atoms with E-state index in [-0.39, 0.29) is 0 Å². The summed E-state index contributed by atoms with van der Waals surface area (Å²) in [5.74, 6) is 0.871. The minimum Gasteiger partial charge on any atom is -0.497 e. The summed E-state index contributed by atoms with van der Waals surface area (Å²) in [7, 11) is 1.69. The molecule has 2 heterocycles. The number of hydrogen-bond acceptors (Lipinski definition) is 3. The number of ether oxygens (including phenoxy) is 1. The van der Waals surface area contributed by atoms with Crippen molar-refractivity contribution in [3.8, 4) is 16.9 Å². The molecule has 34 heavy (non-hydrogen) atoms. The van der Waals surface area contributed by atoms with Crippen LogP contribution < -0.4 is 10.5 Å². The van der Waals surface area contributed by atoms with Gasteiger partial charge in [-0.05, 0) is 71.6 Å². The largest absolute Gasteiger partial charge is 0.497 e. The lowest BCUT2D eigenvalue weighted by Gasteiger charge is -2.08. The van der Waals surface area contributed by atoms with Gasteiger partial charge in [0.05, 0.1) is 7.11 Å². The summed E-state index contributed by atoms with van der Waals surface area (Å²) in [5, 5.41) is 3.56. The number of nitrogens with two attached hydrogens (primary N) is 1. The van der Waals surface area contributed by atoms with Gasteiger partial charge in [-0.3, -0.25) is 0 Å². The van der Waals surface area contributed by atoms with Gasteiger partial charge in [-0.2, -0.15) is 0 Å². The van der Waals surface area contributed by atoms with Crippen LogP contribution in [-0.2, 0) is 13.0 Å². The molecule has 4 nitrogen and oxygen atoms in total. The van der Waals surface area contributed by atoms with Gasteiger partial charge >= 0.3 is 0 Å². The number of nitrogens with zero attached hydrogens (tertiary/aromatic N) is 1. The van der Waals surface area contributed by atoms with E-state index in [1.165, 1.54) is 33.2 Å². The Bertz CT molecular complexity index is 1620. The first-order valence-corrected chi connectivity index (χ1v) is 11.6. The molecule has 0 radical (unpaired) electrons. The summed E-state index contributed by atoms with van der Waals surface area (Å²) in [6.07, 6.45) is 3.09. The van der Waals surface area contributed by atoms with E-state index in [0.717, 1.165) is 40.7 Å². The zero-order chi connectivity index (χ0) is 23.1. The van der Waals surface area contributed by atoms with Crippen molar-refractivity contribution in [2.45, 2.75) is 13.0 Å². The molecule has 168 valence electrons. The molecule has 0 unspecified atom stereocenters. The number of hydrogen-bond donors (Lipinski definition) is 1. The number of furan rings is 1. The highest BCUT2D eigenvalue weighted by molar-refractivity contribution is 6.12. The Hall–Kier alpha value is -4.02. The molecule has 0 saturated heterocycles. The van der Waals surface area contributed by atoms with Crippen LogP contribution in [0.15, 0.2) is 95.5 Å². The highest BCUT2D eigenvalue weighted by Crippen LogP contribution is 2.38. The number of benzene rings is 4. The molecule has 4 heteroatoms. The van der Waals surface area contributed by atoms with Crippen LogP contribution in [0.5, 0.6) is 5.75 Å². The van der Waals surface area contributed by atoms with Crippen molar-refractivity contribution >= 4 is 32.8 Å². The summed E-state index contributed by atoms with van der Waals surface area (Å²) >= 11 is 0. The number of para-hydroxylation sites is 1. The molecule has 0 saturated carbocycles. The fourth-order valence-electron chi connectivity index (χ4n) is 4.97. The second-order valence-corrected chi connectivity index (χ2v) is 8.68. The van der Waals surface area contributed by atoms with E-state index in [9.17, 15) is 0 Å². The summed E-state index contributed by atoms with van der Waals surface area (Å²) in [5.41, 5.74) is 13.9. The van der Waals surface area contributed by atoms with E-state index in [4.69, 9.17) is 14.9 Å². The molecule has 0 spiro atoms. The van der Waals surface area contributed by atoms with Gasteiger partial charge < -0.3 is 19.5 Å². The van der Waals surface area contributed by atoms with Crippen LogP contribution in [0.25, 0.3) is 44.0 Å². The lowest BCUT2D eigenvalue weighted by molar-refractivity contribution is 0.414. The normalized spacial score (nSPS) is 11.6. The van der Waals surface area contributed by atoms with Gasteiger partial charge in [0.2, 0.25) is 0 Å². The van der Waals surface area contributed by atoms with E-state index in [2.05, 4.69) is 65.4 Å². The summed E-state index contributed by atoms with van der Waals surface area (Å²) in [4.78, 5) is 0. The quantitative estimate of drug-likeness (QED) is 0.307. The van der Waals surface area contributed by atoms with E-state index in [1.54, 1.807) is 7.11 Å². The Morgan fingerprint density at radius 1 is 0.853 bits per heavy atom. The molecule has 0 amide bonds. The van der Waals surface area contributed by atoms with Gasteiger partial charge in [0.1, 0.15) is 16.9 Å². The van der Waals surface area contributed by atoms with Gasteiger partial charge in [-0.1, -0.05) is 48.5 Å². The fourth-order valence-corrected chi connectivity index (χ4v) is 4.97. The Morgan fingerprint density at radius 2 is 1.68 bits per heavy atom. The first-order valence-electron chi connectivity index (χ1n) is 11.6. The monoisotopic (exact) mass is 446 g/mol. The molecular formula is C30H26N2O2. The first kappa shape index (κ1) is 20.6. The topological polar surface area (TPSA) is 53.3 Å². The van der Waals surface area contributed by atoms with Crippen molar-refractivity contribution in [3.63, 3.8) is 0 Å². The Labute approximate surface area is 198 Å². The number of methoxy groups -OCH3 is 1. The van der Waals surface area contributed by atoms with Crippen molar-refractivity contribution in [1.29, 1.82) is 0 Å². The van der Waals surface area contributed by atoms with E-state index >= 15 is 0 Å². The highest BCUT2D eigenvalue weighted by Gasteiger charge is 2.15. The maximum absolute atomic E-state index is 6.12. The molecule has 0 aliphatic carbocycles. The van der Waals surface area contributed by atoms with Crippen LogP contribution in [0, 0.1) is 0 Å². The third-order valence-electron chi connectivity index (χ3n) is 6.60. The van der Waals surface area contributed by atoms with Crippen LogP contribution in [0.1, 0.15) is 11.1 Å². The van der Waals surface area contributed by atoms with Gasteiger partial charge in [-0.25, -0.2) is 0 Å². The van der Waals surface area contributed by atoms with Crippen LogP contribution in [-0.4, -0.2) is 18.2 Å². The first-order chi connectivity index (χ1) is 16.7. The summed E-state index contributed by atoms with van der Waals surface area (Å²) in [6, 6.07) is 29.5. The predicted octanol–water partition coefficient (Wildman–Crippen LogP) is 6.77. The summed E-state index contributed by atoms with van der Waals surface area (Å²) < 4.78 is 13.7. The van der Waals surface area contributed by atoms with E-state index in [1.807, 2.05) is 30.3 Å². The second kappa shape index (κ2) is 8.40. The summed E-state index contributed by atoms with van der Waals surface area (Å²) in [6.45, 7) is 1.42. The molecule has 0 atom stereocenters. The molecule has 0 aliphatic heterocycles. The van der Waals surface area contributed by atoms with Gasteiger partial charge in [-0.15, -0.1) is 0 Å². The third-order valence-corrected chi connectivity index (χ3v) is 6.60. The Morgan fingerprint density at radius 3 is 2.50 bits per heavy atom. The molecule has 0 fully saturated rings. The zero-order valence-corrected chi connectivity index (χ0v) is 19.1. The van der Waals surface area contributed by atoms with Gasteiger partial charge in [0.15, 0.2) is 0 Å². The average molecular weight is 447 g/mol. The minimum atomic E-state index is 0.619. The van der Waals surface area contributed by atoms with E-state index < -0.39 is 0 Å². The minimum absolute atomic E-state index is 0.619. The molecule has 4 aromatic carbocycles. The molecule has 2 N–H and O–H groups in total. The van der Waals surface area contributed by atoms with Gasteiger partial charge in [0, 0.05) is 34.4 Å². The van der Waals surface area contributed by atoms with Gasteiger partial charge in [0.25, 0.3) is 0 Å². The number of aromatic nitrogens is 1. The maximum Gasteiger partial charge on any atom is 0.136 e. The maximum atomic E-state index is 6.12. The molecule has 6 rings (SSSR count). The lowest BCUT2D eigenvalue weighted by Crippen LogP contribution is -2.02. The van der Waals surface area contributed by atoms with Crippen LogP contribution in [0.4, 0.5) is 0 Å². The predicted molar refractivity (Wildman–Crippen MR) is 140 cm³/mol. The average Bonchev–Trinajstić information content (AvgIpc) is 3.42. The van der Waals surface area contributed by atoms with Crippen LogP contribution in [0.2, 0.25) is 0 Å². The molecule has 0 aliphatic rings. The van der Waals surface area contributed by atoms with Crippen molar-refractivity contribution in [2.75, 3.05) is 13.7 Å². The molecular weight excluding hydrogens is 420 g/mol. The molecule has 6 aromatic rings. The third kappa shape index (κ3) is 3.44. The Kier molecular flexibility index (Phi) is 5.08. The van der Waals surface area contributed by atoms with E-state index in [0.29, 0.717) is 6.54 Å².